The van der Waals surface area contributed by atoms with Crippen molar-refractivity contribution in [3.05, 3.63) is 42.3 Å². The third kappa shape index (κ3) is 2.75. The van der Waals surface area contributed by atoms with Crippen LogP contribution in [0.25, 0.3) is 21.9 Å². The van der Waals surface area contributed by atoms with Gasteiger partial charge in [-0.15, -0.1) is 0 Å². The molecule has 8 heteroatoms. The van der Waals surface area contributed by atoms with Crippen molar-refractivity contribution >= 4 is 37.7 Å². The maximum absolute atomic E-state index is 10.9. The number of nitrogens with zero attached hydrogens (tertiary/aromatic N) is 3. The van der Waals surface area contributed by atoms with Crippen LogP contribution in [0.4, 0.5) is 0 Å². The molecule has 0 radical (unpaired) electrons. The second-order valence-corrected chi connectivity index (χ2v) is 6.07. The molecule has 0 spiro atoms. The van der Waals surface area contributed by atoms with Crippen LogP contribution >= 0.6 is 0 Å². The van der Waals surface area contributed by atoms with Gasteiger partial charge in [-0.05, 0) is 28.1 Å². The fraction of sp³-hybridized carbons (Fsp3) is 0.0714. The van der Waals surface area contributed by atoms with Crippen LogP contribution in [0.3, 0.4) is 0 Å². The molecule has 0 aliphatic heterocycles. The molecule has 1 heterocycles. The Labute approximate surface area is 125 Å². The minimum absolute atomic E-state index is 0.101. The summed E-state index contributed by atoms with van der Waals surface area (Å²) in [5.74, 6) is -0.101. The minimum Gasteiger partial charge on any atom is -0.434 e. The van der Waals surface area contributed by atoms with E-state index in [9.17, 15) is 8.42 Å². The molecule has 110 valence electrons. The molecule has 3 aromatic rings. The number of aromatic nitrogens is 1. The monoisotopic (exact) mass is 315 g/mol. The Morgan fingerprint density at radius 2 is 2.00 bits per heavy atom. The molecule has 7 nitrogen and oxygen atoms in total. The summed E-state index contributed by atoms with van der Waals surface area (Å²) < 4.78 is 31.6. The first-order valence-electron chi connectivity index (χ1n) is 6.13. The van der Waals surface area contributed by atoms with E-state index >= 15 is 0 Å². The summed E-state index contributed by atoms with van der Waals surface area (Å²) in [6.07, 6.45) is 0.824. The van der Waals surface area contributed by atoms with Crippen molar-refractivity contribution in [3.63, 3.8) is 0 Å². The second-order valence-electron chi connectivity index (χ2n) is 4.52. The van der Waals surface area contributed by atoms with Gasteiger partial charge in [0.1, 0.15) is 11.6 Å². The molecule has 0 saturated heterocycles. The van der Waals surface area contributed by atoms with E-state index in [1.54, 1.807) is 12.1 Å². The van der Waals surface area contributed by atoms with Gasteiger partial charge in [-0.2, -0.15) is 13.7 Å². The molecule has 0 atom stereocenters. The third-order valence-electron chi connectivity index (χ3n) is 2.83. The zero-order chi connectivity index (χ0) is 15.7. The number of oxazole rings is 1. The lowest BCUT2D eigenvalue weighted by molar-refractivity contribution is 0.342. The minimum atomic E-state index is -3.81. The lowest BCUT2D eigenvalue weighted by Gasteiger charge is -1.94. The number of hydrogen-bond donors (Lipinski definition) is 0. The Morgan fingerprint density at radius 3 is 2.64 bits per heavy atom. The van der Waals surface area contributed by atoms with Crippen LogP contribution in [0, 0.1) is 11.3 Å². The van der Waals surface area contributed by atoms with E-state index in [0.717, 1.165) is 17.0 Å². The maximum atomic E-state index is 10.9. The lowest BCUT2D eigenvalue weighted by Crippen LogP contribution is -2.03. The van der Waals surface area contributed by atoms with Gasteiger partial charge in [0, 0.05) is 0 Å². The number of hydrogen-bond acceptors (Lipinski definition) is 7. The summed E-state index contributed by atoms with van der Waals surface area (Å²) in [4.78, 5) is 4.14. The molecule has 0 N–H and O–H groups in total. The smallest absolute Gasteiger partial charge is 0.325 e. The van der Waals surface area contributed by atoms with Gasteiger partial charge in [0.2, 0.25) is 5.71 Å². The first-order chi connectivity index (χ1) is 10.5. The Hall–Kier alpha value is -2.92. The highest BCUT2D eigenvalue weighted by molar-refractivity contribution is 7.85. The molecule has 0 aliphatic carbocycles. The largest absolute Gasteiger partial charge is 0.434 e. The summed E-state index contributed by atoms with van der Waals surface area (Å²) in [6.45, 7) is 0. The van der Waals surface area contributed by atoms with Crippen LogP contribution < -0.4 is 0 Å². The van der Waals surface area contributed by atoms with Crippen LogP contribution in [0.2, 0.25) is 0 Å². The van der Waals surface area contributed by atoms with E-state index < -0.39 is 10.1 Å². The van der Waals surface area contributed by atoms with Gasteiger partial charge in [0.25, 0.3) is 5.89 Å². The Bertz CT molecular complexity index is 992. The summed E-state index contributed by atoms with van der Waals surface area (Å²) >= 11 is 0. The van der Waals surface area contributed by atoms with E-state index in [2.05, 4.69) is 14.4 Å². The molecule has 0 saturated carbocycles. The normalized spacial score (nSPS) is 12.5. The zero-order valence-corrected chi connectivity index (χ0v) is 12.2. The fourth-order valence-corrected chi connectivity index (χ4v) is 2.14. The summed E-state index contributed by atoms with van der Waals surface area (Å²) in [7, 11) is -3.81. The SMILES string of the molecule is CS(=O)(=O)O/N=C(\C#N)c1nc2cc3ccccc3cc2o1. The van der Waals surface area contributed by atoms with Crippen molar-refractivity contribution in [2.45, 2.75) is 0 Å². The molecule has 0 bridgehead atoms. The Morgan fingerprint density at radius 1 is 1.32 bits per heavy atom. The van der Waals surface area contributed by atoms with Crippen molar-refractivity contribution in [2.24, 2.45) is 5.16 Å². The highest BCUT2D eigenvalue weighted by Crippen LogP contribution is 2.23. The number of nitriles is 1. The van der Waals surface area contributed by atoms with Crippen molar-refractivity contribution in [2.75, 3.05) is 6.26 Å². The van der Waals surface area contributed by atoms with E-state index in [4.69, 9.17) is 9.68 Å². The topological polar surface area (TPSA) is 106 Å². The van der Waals surface area contributed by atoms with Crippen molar-refractivity contribution in [3.8, 4) is 6.07 Å². The fourth-order valence-electron chi connectivity index (χ4n) is 1.93. The molecule has 1 aromatic heterocycles. The van der Waals surface area contributed by atoms with Crippen LogP contribution in [0.15, 0.2) is 46.0 Å². The summed E-state index contributed by atoms with van der Waals surface area (Å²) in [5, 5.41) is 14.2. The lowest BCUT2D eigenvalue weighted by atomic mass is 10.1. The molecule has 0 fully saturated rings. The van der Waals surface area contributed by atoms with E-state index in [0.29, 0.717) is 11.1 Å². The zero-order valence-electron chi connectivity index (χ0n) is 11.3. The van der Waals surface area contributed by atoms with Crippen molar-refractivity contribution in [1.29, 1.82) is 5.26 Å². The highest BCUT2D eigenvalue weighted by atomic mass is 32.2. The average Bonchev–Trinajstić information content (AvgIpc) is 2.86. The first-order valence-corrected chi connectivity index (χ1v) is 7.94. The standard InChI is InChI=1S/C14H9N3O4S/c1-22(18,19)21-17-12(8-15)14-16-11-6-9-4-2-3-5-10(9)7-13(11)20-14/h2-7H,1H3/b17-12+. The quantitative estimate of drug-likeness (QED) is 0.542. The maximum Gasteiger partial charge on any atom is 0.325 e. The summed E-state index contributed by atoms with van der Waals surface area (Å²) in [5.41, 5.74) is 0.651. The van der Waals surface area contributed by atoms with Crippen LogP contribution in [-0.2, 0) is 14.4 Å². The molecule has 0 unspecified atom stereocenters. The number of fused-ring (bicyclic) bond motifs is 2. The highest BCUT2D eigenvalue weighted by Gasteiger charge is 2.15. The van der Waals surface area contributed by atoms with E-state index in [-0.39, 0.29) is 11.6 Å². The predicted octanol–water partition coefficient (Wildman–Crippen LogP) is 2.18. The molecule has 22 heavy (non-hydrogen) atoms. The Balaban J connectivity index is 2.11. The molecule has 3 rings (SSSR count). The van der Waals surface area contributed by atoms with Crippen molar-refractivity contribution in [1.82, 2.24) is 4.98 Å². The van der Waals surface area contributed by atoms with Gasteiger partial charge in [0.15, 0.2) is 5.58 Å². The molecule has 0 amide bonds. The average molecular weight is 315 g/mol. The van der Waals surface area contributed by atoms with Gasteiger partial charge in [-0.3, -0.25) is 4.28 Å². The van der Waals surface area contributed by atoms with Crippen molar-refractivity contribution < 1.29 is 17.1 Å². The van der Waals surface area contributed by atoms with E-state index in [1.807, 2.05) is 30.3 Å². The summed E-state index contributed by atoms with van der Waals surface area (Å²) in [6, 6.07) is 12.9. The molecular weight excluding hydrogens is 306 g/mol. The number of rotatable bonds is 3. The van der Waals surface area contributed by atoms with Gasteiger partial charge in [-0.25, -0.2) is 4.98 Å². The number of oxime groups is 1. The van der Waals surface area contributed by atoms with Crippen LogP contribution in [-0.4, -0.2) is 25.4 Å². The van der Waals surface area contributed by atoms with E-state index in [1.165, 1.54) is 0 Å². The van der Waals surface area contributed by atoms with Gasteiger partial charge >= 0.3 is 10.1 Å². The second kappa shape index (κ2) is 5.13. The first kappa shape index (κ1) is 14.0. The molecule has 2 aromatic carbocycles. The molecule has 0 aliphatic rings. The van der Waals surface area contributed by atoms with Gasteiger partial charge in [0.05, 0.1) is 6.26 Å². The third-order valence-corrected chi connectivity index (χ3v) is 3.17. The van der Waals surface area contributed by atoms with Gasteiger partial charge < -0.3 is 4.42 Å². The van der Waals surface area contributed by atoms with Crippen LogP contribution in [0.1, 0.15) is 5.89 Å². The van der Waals surface area contributed by atoms with Gasteiger partial charge in [-0.1, -0.05) is 24.3 Å². The predicted molar refractivity (Wildman–Crippen MR) is 79.6 cm³/mol. The van der Waals surface area contributed by atoms with Crippen LogP contribution in [0.5, 0.6) is 0 Å². The molecular formula is C14H9N3O4S. The number of benzene rings is 2. The Kier molecular flexibility index (Phi) is 3.27.